The van der Waals surface area contributed by atoms with Crippen LogP contribution in [0.1, 0.15) is 44.2 Å². The number of nitrogens with zero attached hydrogens (tertiary/aromatic N) is 2. The van der Waals surface area contributed by atoms with Crippen LogP contribution in [0.15, 0.2) is 18.2 Å². The van der Waals surface area contributed by atoms with Crippen LogP contribution in [0.25, 0.3) is 0 Å². The minimum absolute atomic E-state index is 0.0984. The second-order valence-electron chi connectivity index (χ2n) is 9.11. The molecule has 0 aliphatic carbocycles. The minimum Gasteiger partial charge on any atom is -0.487 e. The second-order valence-corrected chi connectivity index (χ2v) is 9.11. The fourth-order valence-corrected chi connectivity index (χ4v) is 5.06. The number of carbonyl (C=O) groups is 1. The van der Waals surface area contributed by atoms with E-state index in [1.807, 2.05) is 4.90 Å². The van der Waals surface area contributed by atoms with Crippen molar-refractivity contribution in [3.63, 3.8) is 0 Å². The van der Waals surface area contributed by atoms with Crippen molar-refractivity contribution in [2.24, 2.45) is 5.41 Å². The van der Waals surface area contributed by atoms with Crippen molar-refractivity contribution in [1.29, 1.82) is 0 Å². The summed E-state index contributed by atoms with van der Waals surface area (Å²) in [5, 5.41) is 0. The van der Waals surface area contributed by atoms with Gasteiger partial charge in [-0.15, -0.1) is 0 Å². The van der Waals surface area contributed by atoms with Crippen LogP contribution >= 0.6 is 0 Å². The van der Waals surface area contributed by atoms with E-state index in [4.69, 9.17) is 9.47 Å². The van der Waals surface area contributed by atoms with Crippen molar-refractivity contribution in [3.8, 4) is 5.75 Å². The lowest BCUT2D eigenvalue weighted by Crippen LogP contribution is -2.50. The van der Waals surface area contributed by atoms with E-state index in [0.29, 0.717) is 12.5 Å². The van der Waals surface area contributed by atoms with Gasteiger partial charge in [0.25, 0.3) is 0 Å². The summed E-state index contributed by atoms with van der Waals surface area (Å²) in [7, 11) is 1.70. The number of rotatable bonds is 5. The van der Waals surface area contributed by atoms with Gasteiger partial charge < -0.3 is 14.4 Å². The number of likely N-dealkylation sites (tertiary alicyclic amines) is 2. The molecular formula is C22H32N2O3. The molecule has 3 aliphatic heterocycles. The third-order valence-corrected chi connectivity index (χ3v) is 6.36. The lowest BCUT2D eigenvalue weighted by molar-refractivity contribution is -0.146. The zero-order chi connectivity index (χ0) is 19.1. The monoisotopic (exact) mass is 372 g/mol. The Morgan fingerprint density at radius 1 is 1.22 bits per heavy atom. The summed E-state index contributed by atoms with van der Waals surface area (Å²) >= 11 is 0. The summed E-state index contributed by atoms with van der Waals surface area (Å²) in [5.74, 6) is 1.37. The molecule has 1 aromatic carbocycles. The third-order valence-electron chi connectivity index (χ3n) is 6.36. The van der Waals surface area contributed by atoms with Crippen molar-refractivity contribution in [1.82, 2.24) is 9.80 Å². The molecule has 0 aromatic heterocycles. The highest BCUT2D eigenvalue weighted by Crippen LogP contribution is 2.41. The fraction of sp³-hybridized carbons (Fsp3) is 0.682. The summed E-state index contributed by atoms with van der Waals surface area (Å²) < 4.78 is 11.2. The molecule has 0 N–H and O–H groups in total. The smallest absolute Gasteiger partial charge is 0.230 e. The zero-order valence-corrected chi connectivity index (χ0v) is 16.9. The van der Waals surface area contributed by atoms with Gasteiger partial charge in [-0.05, 0) is 56.8 Å². The number of piperidine rings is 1. The zero-order valence-electron chi connectivity index (χ0n) is 16.9. The lowest BCUT2D eigenvalue weighted by atomic mass is 9.78. The highest BCUT2D eigenvalue weighted by molar-refractivity contribution is 5.84. The molecule has 2 saturated heterocycles. The number of benzene rings is 1. The molecule has 1 aromatic rings. The van der Waals surface area contributed by atoms with E-state index >= 15 is 0 Å². The number of methoxy groups -OCH3 is 1. The molecule has 27 heavy (non-hydrogen) atoms. The van der Waals surface area contributed by atoms with Gasteiger partial charge in [-0.3, -0.25) is 9.69 Å². The molecule has 0 saturated carbocycles. The van der Waals surface area contributed by atoms with Gasteiger partial charge in [-0.2, -0.15) is 0 Å². The van der Waals surface area contributed by atoms with E-state index in [0.717, 1.165) is 64.2 Å². The molecule has 0 radical (unpaired) electrons. The molecule has 1 spiro atoms. The van der Waals surface area contributed by atoms with Gasteiger partial charge in [0.2, 0.25) is 5.91 Å². The Bertz CT molecular complexity index is 718. The SMILES string of the molecule is COCCN1CCC[C@@]2(CCN(Cc3ccc4c(c3)CC(C)(C)O4)C2)C1=O. The van der Waals surface area contributed by atoms with Gasteiger partial charge in [0.05, 0.1) is 12.0 Å². The first-order valence-corrected chi connectivity index (χ1v) is 10.2. The fourth-order valence-electron chi connectivity index (χ4n) is 5.06. The third kappa shape index (κ3) is 3.72. The molecule has 1 atom stereocenters. The van der Waals surface area contributed by atoms with Crippen molar-refractivity contribution in [2.75, 3.05) is 39.9 Å². The van der Waals surface area contributed by atoms with Crippen molar-refractivity contribution in [3.05, 3.63) is 29.3 Å². The number of ether oxygens (including phenoxy) is 2. The Balaban J connectivity index is 1.41. The minimum atomic E-state index is -0.173. The summed E-state index contributed by atoms with van der Waals surface area (Å²) in [4.78, 5) is 17.6. The van der Waals surface area contributed by atoms with E-state index in [1.54, 1.807) is 7.11 Å². The van der Waals surface area contributed by atoms with Gasteiger partial charge in [-0.25, -0.2) is 0 Å². The number of hydrogen-bond acceptors (Lipinski definition) is 4. The van der Waals surface area contributed by atoms with Gasteiger partial charge in [0, 0.05) is 39.7 Å². The van der Waals surface area contributed by atoms with Crippen molar-refractivity contribution >= 4 is 5.91 Å². The summed E-state index contributed by atoms with van der Waals surface area (Å²) in [6.07, 6.45) is 4.08. The molecule has 3 aliphatic rings. The van der Waals surface area contributed by atoms with Gasteiger partial charge >= 0.3 is 0 Å². The quantitative estimate of drug-likeness (QED) is 0.797. The Morgan fingerprint density at radius 2 is 2.07 bits per heavy atom. The van der Waals surface area contributed by atoms with Crippen molar-refractivity contribution in [2.45, 2.75) is 51.7 Å². The van der Waals surface area contributed by atoms with Crippen LogP contribution in [0.5, 0.6) is 5.75 Å². The first-order chi connectivity index (χ1) is 12.9. The largest absolute Gasteiger partial charge is 0.487 e. The second kappa shape index (κ2) is 7.10. The highest BCUT2D eigenvalue weighted by Gasteiger charge is 2.48. The first kappa shape index (κ1) is 18.8. The van der Waals surface area contributed by atoms with Crippen molar-refractivity contribution < 1.29 is 14.3 Å². The van der Waals surface area contributed by atoms with Crippen LogP contribution in [-0.4, -0.2) is 61.2 Å². The van der Waals surface area contributed by atoms with Crippen LogP contribution in [0, 0.1) is 5.41 Å². The van der Waals surface area contributed by atoms with Crippen LogP contribution < -0.4 is 4.74 Å². The summed E-state index contributed by atoms with van der Waals surface area (Å²) in [6.45, 7) is 9.31. The Hall–Kier alpha value is -1.59. The summed E-state index contributed by atoms with van der Waals surface area (Å²) in [6, 6.07) is 6.59. The number of amides is 1. The molecule has 2 fully saturated rings. The van der Waals surface area contributed by atoms with Crippen LogP contribution in [0.3, 0.4) is 0 Å². The normalized spacial score (nSPS) is 27.2. The number of fused-ring (bicyclic) bond motifs is 1. The molecular weight excluding hydrogens is 340 g/mol. The first-order valence-electron chi connectivity index (χ1n) is 10.2. The maximum absolute atomic E-state index is 13.1. The summed E-state index contributed by atoms with van der Waals surface area (Å²) in [5.41, 5.74) is 2.37. The predicted molar refractivity (Wildman–Crippen MR) is 105 cm³/mol. The topological polar surface area (TPSA) is 42.0 Å². The maximum atomic E-state index is 13.1. The average molecular weight is 373 g/mol. The molecule has 3 heterocycles. The van der Waals surface area contributed by atoms with Crippen LogP contribution in [0.4, 0.5) is 0 Å². The molecule has 4 rings (SSSR count). The van der Waals surface area contributed by atoms with E-state index < -0.39 is 0 Å². The molecule has 0 bridgehead atoms. The Labute approximate surface area is 162 Å². The molecule has 5 heteroatoms. The number of hydrogen-bond donors (Lipinski definition) is 0. The lowest BCUT2D eigenvalue weighted by Gasteiger charge is -2.39. The predicted octanol–water partition coefficient (Wildman–Crippen LogP) is 2.86. The number of carbonyl (C=O) groups excluding carboxylic acids is 1. The van der Waals surface area contributed by atoms with E-state index in [1.165, 1.54) is 11.1 Å². The van der Waals surface area contributed by atoms with E-state index in [-0.39, 0.29) is 11.0 Å². The van der Waals surface area contributed by atoms with Gasteiger partial charge in [-0.1, -0.05) is 12.1 Å². The molecule has 148 valence electrons. The highest BCUT2D eigenvalue weighted by atomic mass is 16.5. The van der Waals surface area contributed by atoms with Crippen LogP contribution in [0.2, 0.25) is 0 Å². The van der Waals surface area contributed by atoms with E-state index in [2.05, 4.69) is 36.9 Å². The average Bonchev–Trinajstić information content (AvgIpc) is 3.16. The Morgan fingerprint density at radius 3 is 2.89 bits per heavy atom. The molecule has 0 unspecified atom stereocenters. The standard InChI is InChI=1S/C22H32N2O3/c1-21(2)14-18-13-17(5-6-19(18)27-21)15-23-10-8-22(16-23)7-4-9-24(20(22)25)11-12-26-3/h5-6,13H,4,7-12,14-16H2,1-3H3/t22-/m0/s1. The maximum Gasteiger partial charge on any atom is 0.230 e. The van der Waals surface area contributed by atoms with Gasteiger partial charge in [0.15, 0.2) is 0 Å². The Kier molecular flexibility index (Phi) is 4.93. The molecule has 1 amide bonds. The van der Waals surface area contributed by atoms with Gasteiger partial charge in [0.1, 0.15) is 11.4 Å². The van der Waals surface area contributed by atoms with Crippen LogP contribution in [-0.2, 0) is 22.5 Å². The molecule has 5 nitrogen and oxygen atoms in total. The van der Waals surface area contributed by atoms with E-state index in [9.17, 15) is 4.79 Å².